The molecule has 0 aliphatic carbocycles. The standard InChI is InChI=1S/C40H77NO7/c1-6-8-10-11-12-13-14-15-16-17-18-19-20-21-22-23-24-25-26-27-28-29-31-39(43)48-36(35-47-38(42)30-9-7-2)34-46-33-32-37(40(44)45)41(3,4)5/h36-37H,6-35H2,1-5H3/p+1. The van der Waals surface area contributed by atoms with E-state index < -0.39 is 18.1 Å². The lowest BCUT2D eigenvalue weighted by atomic mass is 10.0. The molecule has 0 aromatic heterocycles. The molecule has 0 spiro atoms. The van der Waals surface area contributed by atoms with Crippen molar-refractivity contribution in [2.24, 2.45) is 0 Å². The van der Waals surface area contributed by atoms with E-state index in [4.69, 9.17) is 14.2 Å². The van der Waals surface area contributed by atoms with Gasteiger partial charge in [-0.2, -0.15) is 0 Å². The van der Waals surface area contributed by atoms with Gasteiger partial charge < -0.3 is 23.8 Å². The minimum absolute atomic E-state index is 0.0503. The predicted octanol–water partition coefficient (Wildman–Crippen LogP) is 10.2. The summed E-state index contributed by atoms with van der Waals surface area (Å²) in [5.41, 5.74) is 0. The van der Waals surface area contributed by atoms with E-state index in [1.807, 2.05) is 28.1 Å². The summed E-state index contributed by atoms with van der Waals surface area (Å²) in [5.74, 6) is -1.50. The van der Waals surface area contributed by atoms with E-state index in [0.29, 0.717) is 19.3 Å². The Hall–Kier alpha value is -1.67. The van der Waals surface area contributed by atoms with Gasteiger partial charge in [0, 0.05) is 19.3 Å². The van der Waals surface area contributed by atoms with Crippen molar-refractivity contribution in [2.75, 3.05) is 41.0 Å². The Morgan fingerprint density at radius 3 is 1.33 bits per heavy atom. The number of quaternary nitrogens is 1. The normalized spacial score (nSPS) is 12.9. The van der Waals surface area contributed by atoms with E-state index in [-0.39, 0.29) is 36.2 Å². The van der Waals surface area contributed by atoms with E-state index in [1.54, 1.807) is 0 Å². The quantitative estimate of drug-likeness (QED) is 0.0398. The van der Waals surface area contributed by atoms with Crippen molar-refractivity contribution in [3.63, 3.8) is 0 Å². The molecule has 2 atom stereocenters. The minimum atomic E-state index is -0.876. The van der Waals surface area contributed by atoms with Crippen molar-refractivity contribution < 1.29 is 38.2 Å². The van der Waals surface area contributed by atoms with Crippen LogP contribution in [0.4, 0.5) is 0 Å². The molecule has 48 heavy (non-hydrogen) atoms. The van der Waals surface area contributed by atoms with Crippen molar-refractivity contribution in [1.82, 2.24) is 0 Å². The molecule has 0 bridgehead atoms. The van der Waals surface area contributed by atoms with Crippen LogP contribution >= 0.6 is 0 Å². The Labute approximate surface area is 296 Å². The third-order valence-electron chi connectivity index (χ3n) is 9.26. The average Bonchev–Trinajstić information content (AvgIpc) is 3.03. The molecule has 284 valence electrons. The zero-order chi connectivity index (χ0) is 35.7. The highest BCUT2D eigenvalue weighted by Crippen LogP contribution is 2.16. The Morgan fingerprint density at radius 1 is 0.542 bits per heavy atom. The molecule has 0 aromatic carbocycles. The second kappa shape index (κ2) is 32.5. The number of likely N-dealkylation sites (N-methyl/N-ethyl adjacent to an activating group) is 1. The Balaban J connectivity index is 3.92. The van der Waals surface area contributed by atoms with Crippen LogP contribution in [0, 0.1) is 0 Å². The van der Waals surface area contributed by atoms with Gasteiger partial charge in [-0.05, 0) is 12.8 Å². The van der Waals surface area contributed by atoms with Crippen LogP contribution in [-0.4, -0.2) is 80.6 Å². The molecule has 2 unspecified atom stereocenters. The van der Waals surface area contributed by atoms with E-state index in [2.05, 4.69) is 6.92 Å². The molecule has 0 radical (unpaired) electrons. The number of carboxylic acid groups (broad SMARTS) is 1. The number of aliphatic carboxylic acids is 1. The number of rotatable bonds is 36. The van der Waals surface area contributed by atoms with Gasteiger partial charge in [-0.15, -0.1) is 0 Å². The summed E-state index contributed by atoms with van der Waals surface area (Å²) >= 11 is 0. The van der Waals surface area contributed by atoms with Crippen LogP contribution in [0.15, 0.2) is 0 Å². The van der Waals surface area contributed by atoms with Crippen LogP contribution in [-0.2, 0) is 28.6 Å². The lowest BCUT2D eigenvalue weighted by molar-refractivity contribution is -0.887. The van der Waals surface area contributed by atoms with Gasteiger partial charge in [0.15, 0.2) is 12.1 Å². The third kappa shape index (κ3) is 30.4. The molecular formula is C40H78NO7+. The summed E-state index contributed by atoms with van der Waals surface area (Å²) in [6, 6.07) is -0.605. The minimum Gasteiger partial charge on any atom is -0.477 e. The molecule has 0 aliphatic rings. The van der Waals surface area contributed by atoms with Crippen LogP contribution in [0.2, 0.25) is 0 Å². The zero-order valence-corrected chi connectivity index (χ0v) is 32.2. The van der Waals surface area contributed by atoms with Crippen molar-refractivity contribution in [1.29, 1.82) is 0 Å². The number of carboxylic acids is 1. The van der Waals surface area contributed by atoms with Gasteiger partial charge in [-0.1, -0.05) is 155 Å². The molecule has 0 aromatic rings. The summed E-state index contributed by atoms with van der Waals surface area (Å²) in [6.45, 7) is 4.52. The first kappa shape index (κ1) is 46.3. The summed E-state index contributed by atoms with van der Waals surface area (Å²) in [6.07, 6.45) is 31.1. The van der Waals surface area contributed by atoms with Crippen molar-refractivity contribution in [3.05, 3.63) is 0 Å². The summed E-state index contributed by atoms with van der Waals surface area (Å²) in [7, 11) is 5.50. The number of esters is 2. The van der Waals surface area contributed by atoms with Gasteiger partial charge in [-0.3, -0.25) is 9.59 Å². The summed E-state index contributed by atoms with van der Waals surface area (Å²) in [5, 5.41) is 9.52. The number of unbranched alkanes of at least 4 members (excludes halogenated alkanes) is 22. The second-order valence-corrected chi connectivity index (χ2v) is 14.9. The van der Waals surface area contributed by atoms with Crippen LogP contribution in [0.1, 0.15) is 187 Å². The predicted molar refractivity (Wildman–Crippen MR) is 197 cm³/mol. The van der Waals surface area contributed by atoms with Crippen molar-refractivity contribution in [3.8, 4) is 0 Å². The smallest absolute Gasteiger partial charge is 0.362 e. The highest BCUT2D eigenvalue weighted by Gasteiger charge is 2.31. The first-order valence-corrected chi connectivity index (χ1v) is 20.1. The third-order valence-corrected chi connectivity index (χ3v) is 9.26. The maximum Gasteiger partial charge on any atom is 0.362 e. The summed E-state index contributed by atoms with van der Waals surface area (Å²) in [4.78, 5) is 36.2. The number of hydrogen-bond acceptors (Lipinski definition) is 6. The molecule has 8 nitrogen and oxygen atoms in total. The van der Waals surface area contributed by atoms with Crippen LogP contribution in [0.3, 0.4) is 0 Å². The van der Waals surface area contributed by atoms with Gasteiger partial charge in [-0.25, -0.2) is 4.79 Å². The molecule has 0 saturated heterocycles. The largest absolute Gasteiger partial charge is 0.477 e. The van der Waals surface area contributed by atoms with Crippen LogP contribution in [0.25, 0.3) is 0 Å². The fourth-order valence-electron chi connectivity index (χ4n) is 6.07. The molecule has 0 rings (SSSR count). The van der Waals surface area contributed by atoms with Gasteiger partial charge in [0.05, 0.1) is 34.4 Å². The van der Waals surface area contributed by atoms with E-state index >= 15 is 0 Å². The van der Waals surface area contributed by atoms with E-state index in [1.165, 1.54) is 122 Å². The van der Waals surface area contributed by atoms with E-state index in [9.17, 15) is 19.5 Å². The zero-order valence-electron chi connectivity index (χ0n) is 32.2. The highest BCUT2D eigenvalue weighted by atomic mass is 16.6. The first-order chi connectivity index (χ1) is 23.1. The molecule has 0 fully saturated rings. The number of hydrogen-bond donors (Lipinski definition) is 1. The monoisotopic (exact) mass is 685 g/mol. The van der Waals surface area contributed by atoms with Crippen molar-refractivity contribution >= 4 is 17.9 Å². The number of ether oxygens (including phenoxy) is 3. The molecule has 0 aliphatic heterocycles. The molecule has 8 heteroatoms. The summed E-state index contributed by atoms with van der Waals surface area (Å²) < 4.78 is 16.9. The topological polar surface area (TPSA) is 99.1 Å². The second-order valence-electron chi connectivity index (χ2n) is 14.9. The molecule has 0 amide bonds. The lowest BCUT2D eigenvalue weighted by Gasteiger charge is -2.31. The fourth-order valence-corrected chi connectivity index (χ4v) is 6.07. The van der Waals surface area contributed by atoms with Crippen molar-refractivity contribution in [2.45, 2.75) is 199 Å². The van der Waals surface area contributed by atoms with Gasteiger partial charge in [0.2, 0.25) is 0 Å². The lowest BCUT2D eigenvalue weighted by Crippen LogP contribution is -2.50. The van der Waals surface area contributed by atoms with Gasteiger partial charge >= 0.3 is 17.9 Å². The molecule has 1 N–H and O–H groups in total. The van der Waals surface area contributed by atoms with Crippen LogP contribution in [0.5, 0.6) is 0 Å². The fraction of sp³-hybridized carbons (Fsp3) is 0.925. The van der Waals surface area contributed by atoms with Crippen LogP contribution < -0.4 is 0 Å². The Kier molecular flexibility index (Phi) is 31.4. The maximum atomic E-state index is 12.5. The average molecular weight is 685 g/mol. The molecular weight excluding hydrogens is 606 g/mol. The Bertz CT molecular complexity index is 767. The van der Waals surface area contributed by atoms with Gasteiger partial charge in [0.25, 0.3) is 0 Å². The molecule has 0 saturated carbocycles. The Morgan fingerprint density at radius 2 is 0.938 bits per heavy atom. The first-order valence-electron chi connectivity index (χ1n) is 20.1. The number of carbonyl (C=O) groups excluding carboxylic acids is 2. The van der Waals surface area contributed by atoms with E-state index in [0.717, 1.165) is 32.1 Å². The number of carbonyl (C=O) groups is 3. The maximum absolute atomic E-state index is 12.5. The highest BCUT2D eigenvalue weighted by molar-refractivity contribution is 5.72. The SMILES string of the molecule is CCCCCCCCCCCCCCCCCCCCCCCCC(=O)OC(COCCC(C(=O)O)[N+](C)(C)C)COC(=O)CCCC. The molecule has 0 heterocycles. The number of nitrogens with zero attached hydrogens (tertiary/aromatic N) is 1. The van der Waals surface area contributed by atoms with Gasteiger partial charge in [0.1, 0.15) is 6.61 Å².